The smallest absolute Gasteiger partial charge is 0.384 e. The van der Waals surface area contributed by atoms with E-state index < -0.39 is 96.4 Å². The molecule has 1 saturated heterocycles. The van der Waals surface area contributed by atoms with Gasteiger partial charge < -0.3 is 14.9 Å². The molecule has 500 valence electrons. The first-order chi connectivity index (χ1) is 39.3. The van der Waals surface area contributed by atoms with Crippen LogP contribution in [0.25, 0.3) is 0 Å². The minimum atomic E-state index is -5.05. The van der Waals surface area contributed by atoms with Gasteiger partial charge in [0.1, 0.15) is 6.61 Å². The van der Waals surface area contributed by atoms with Crippen molar-refractivity contribution in [2.75, 3.05) is 33.0 Å². The third-order valence-corrected chi connectivity index (χ3v) is 48.3. The third kappa shape index (κ3) is 26.1. The van der Waals surface area contributed by atoms with E-state index in [-0.39, 0.29) is 64.6 Å². The maximum Gasteiger partial charge on any atom is 0.433 e. The molecule has 2 aliphatic heterocycles. The van der Waals surface area contributed by atoms with Gasteiger partial charge in [-0.25, -0.2) is 0 Å². The van der Waals surface area contributed by atoms with Crippen molar-refractivity contribution in [2.45, 2.75) is 216 Å². The summed E-state index contributed by atoms with van der Waals surface area (Å²) < 4.78 is 143. The first-order valence-corrected chi connectivity index (χ1v) is 46.0. The fraction of sp³-hybridized carbons (Fsp3) is 0.625. The topological polar surface area (TPSA) is 99.4 Å². The molecule has 87 heavy (non-hydrogen) atoms. The maximum absolute atomic E-state index is 14.5. The van der Waals surface area contributed by atoms with E-state index in [1.54, 1.807) is 11.8 Å². The predicted molar refractivity (Wildman–Crippen MR) is 351 cm³/mol. The maximum atomic E-state index is 14.5. The van der Waals surface area contributed by atoms with E-state index in [4.69, 9.17) is 84.2 Å². The molecule has 0 aliphatic carbocycles. The Kier molecular flexibility index (Phi) is 42.4. The van der Waals surface area contributed by atoms with Crippen molar-refractivity contribution in [3.05, 3.63) is 121 Å². The van der Waals surface area contributed by atoms with E-state index in [9.17, 15) is 54.8 Å². The van der Waals surface area contributed by atoms with E-state index in [0.717, 1.165) is 151 Å². The molecule has 2 heterocycles. The quantitative estimate of drug-likeness (QED) is 0.0383. The second kappa shape index (κ2) is 41.8. The fourth-order valence-corrected chi connectivity index (χ4v) is 44.3. The summed E-state index contributed by atoms with van der Waals surface area (Å²) in [4.78, 5) is 0. The van der Waals surface area contributed by atoms with Crippen LogP contribution in [0.2, 0.25) is 56.8 Å². The van der Waals surface area contributed by atoms with Gasteiger partial charge in [-0.2, -0.15) is 13.2 Å². The van der Waals surface area contributed by atoms with Gasteiger partial charge in [0, 0.05) is 28.8 Å². The molecule has 0 spiro atoms. The molecule has 3 aromatic carbocycles. The molecule has 4 N–H and O–H groups in total. The van der Waals surface area contributed by atoms with E-state index >= 15 is 0 Å². The fourth-order valence-electron chi connectivity index (χ4n) is 10.4. The van der Waals surface area contributed by atoms with Crippen LogP contribution in [0, 0.1) is 11.8 Å². The van der Waals surface area contributed by atoms with Crippen molar-refractivity contribution in [3.8, 4) is 11.8 Å². The predicted octanol–water partition coefficient (Wildman–Crippen LogP) is 22.6. The Morgan fingerprint density at radius 3 is 1.23 bits per heavy atom. The molecule has 0 saturated carbocycles. The minimum Gasteiger partial charge on any atom is -0.384 e. The number of rotatable bonds is 25. The van der Waals surface area contributed by atoms with Crippen molar-refractivity contribution in [3.63, 3.8) is 0 Å². The van der Waals surface area contributed by atoms with Crippen LogP contribution in [-0.2, 0) is 26.3 Å². The Balaban J connectivity index is 0. The summed E-state index contributed by atoms with van der Waals surface area (Å²) in [6.07, 6.45) is 2.36. The molecular weight excluding hydrogens is 1490 g/mol. The van der Waals surface area contributed by atoms with Crippen LogP contribution in [0.3, 0.4) is 0 Å². The molecular formula is C64H95Cl6F9O6Sn2. The van der Waals surface area contributed by atoms with E-state index in [1.165, 1.54) is 49.2 Å². The van der Waals surface area contributed by atoms with Crippen LogP contribution < -0.4 is 0 Å². The average Bonchev–Trinajstić information content (AvgIpc) is 1.74. The van der Waals surface area contributed by atoms with Crippen LogP contribution in [0.4, 0.5) is 39.5 Å². The monoisotopic (exact) mass is 1580 g/mol. The zero-order valence-corrected chi connectivity index (χ0v) is 59.0. The van der Waals surface area contributed by atoms with Crippen LogP contribution in [0.5, 0.6) is 0 Å². The van der Waals surface area contributed by atoms with Crippen molar-refractivity contribution in [1.82, 2.24) is 0 Å². The standard InChI is InChI=1S/C11H8Cl2F3O2.C11H7Cl2F3O2.C11H6Cl2F3O.C4H8O.6C4H9.3CH4.2Sn/c2*12-8-4-7(5-9(13)6-8)10(18,2-1-3-17)11(14,15)16;12-8-4-7(5-9(13)6-8)10(11(14,15)16)2-1-3-17-10;1-2-4-5-3-1;6*1-3-4-2;;;;;/h2,4-6,17-18H,3H2;4-6,17-18H,3H2;2,4-6H,3H2;1-4H2;6*1,3-4H2,2H3;3*1H4;;. The molecule has 3 unspecified atom stereocenters. The summed E-state index contributed by atoms with van der Waals surface area (Å²) in [5.74, 6) is 3.35. The molecule has 23 heteroatoms. The van der Waals surface area contributed by atoms with E-state index in [1.807, 2.05) is 0 Å². The van der Waals surface area contributed by atoms with Crippen LogP contribution >= 0.6 is 69.6 Å². The number of ether oxygens (including phenoxy) is 2. The summed E-state index contributed by atoms with van der Waals surface area (Å²) in [6, 6.07) is 10.7. The molecule has 1 fully saturated rings. The minimum absolute atomic E-state index is 0. The number of aliphatic hydroxyl groups excluding tert-OH is 2. The van der Waals surface area contributed by atoms with Gasteiger partial charge in [0.15, 0.2) is 0 Å². The Hall–Kier alpha value is -0.833. The van der Waals surface area contributed by atoms with Gasteiger partial charge in [0.25, 0.3) is 0 Å². The van der Waals surface area contributed by atoms with Crippen molar-refractivity contribution >= 4 is 106 Å². The van der Waals surface area contributed by atoms with Crippen LogP contribution in [0.1, 0.15) is 170 Å². The number of hydrogen-bond acceptors (Lipinski definition) is 6. The Morgan fingerprint density at radius 2 is 0.920 bits per heavy atom. The summed E-state index contributed by atoms with van der Waals surface area (Å²) >= 11 is 28.8. The number of alkyl halides is 9. The number of aliphatic hydroxyl groups is 4. The second-order valence-electron chi connectivity index (χ2n) is 21.4. The summed E-state index contributed by atoms with van der Waals surface area (Å²) in [6.45, 7) is 13.5. The van der Waals surface area contributed by atoms with Crippen LogP contribution in [0.15, 0.2) is 73.9 Å². The summed E-state index contributed by atoms with van der Waals surface area (Å²) in [5, 5.41) is 39.7. The molecule has 0 radical (unpaired) electrons. The molecule has 3 aromatic rings. The average molecular weight is 1580 g/mol. The van der Waals surface area contributed by atoms with Gasteiger partial charge >= 0.3 is 400 Å². The Labute approximate surface area is 552 Å². The van der Waals surface area contributed by atoms with Crippen molar-refractivity contribution in [2.24, 2.45) is 0 Å². The van der Waals surface area contributed by atoms with Gasteiger partial charge in [0.05, 0.1) is 0 Å². The molecule has 2 aliphatic rings. The second-order valence-corrected chi connectivity index (χ2v) is 50.9. The number of halogens is 15. The van der Waals surface area contributed by atoms with Crippen molar-refractivity contribution in [1.29, 1.82) is 0 Å². The van der Waals surface area contributed by atoms with E-state index in [2.05, 4.69) is 41.5 Å². The normalized spacial score (nSPS) is 16.7. The Morgan fingerprint density at radius 1 is 0.552 bits per heavy atom. The zero-order valence-electron chi connectivity index (χ0n) is 48.8. The van der Waals surface area contributed by atoms with Gasteiger partial charge in [-0.1, -0.05) is 57.3 Å². The molecule has 3 atom stereocenters. The molecule has 6 nitrogen and oxygen atoms in total. The van der Waals surface area contributed by atoms with Gasteiger partial charge in [-0.3, -0.25) is 0 Å². The SMILES string of the molecule is C.C.C.C1CCOC1.CCC[CH2][Sn]([CH2]CCC)([CH2]CCC)/[C](=C/C(O)(c1cc(Cl)cc(Cl)c1)C(F)(F)F)CO.CCC[CH2][Sn]([CH2]CCC)([CH2]CCC)[C]1=CC(c2cc(Cl)cc(Cl)c2)(C(F)(F)F)OC1.OCC#CC(O)(c1cc(Cl)cc(Cl)c1)C(F)(F)F. The third-order valence-electron chi connectivity index (χ3n) is 15.1. The van der Waals surface area contributed by atoms with E-state index in [0.29, 0.717) is 3.59 Å². The molecule has 0 bridgehead atoms. The molecule has 5 rings (SSSR count). The molecule has 0 amide bonds. The van der Waals surface area contributed by atoms with Gasteiger partial charge in [-0.15, -0.1) is 0 Å². The Bertz CT molecular complexity index is 2480. The zero-order chi connectivity index (χ0) is 63.6. The first-order valence-electron chi connectivity index (χ1n) is 28.8. The molecule has 0 aromatic heterocycles. The summed E-state index contributed by atoms with van der Waals surface area (Å²) in [7, 11) is 0. The number of hydrogen-bond donors (Lipinski definition) is 4. The number of benzene rings is 3. The van der Waals surface area contributed by atoms with Crippen LogP contribution in [-0.4, -0.2) is 109 Å². The number of unbranched alkanes of at least 4 members (excludes halogenated alkanes) is 6. The van der Waals surface area contributed by atoms with Gasteiger partial charge in [0.2, 0.25) is 5.60 Å². The summed E-state index contributed by atoms with van der Waals surface area (Å²) in [5.41, 5.74) is -10.2. The van der Waals surface area contributed by atoms with Crippen molar-refractivity contribution < 1.29 is 69.4 Å². The van der Waals surface area contributed by atoms with Gasteiger partial charge in [-0.05, 0) is 31.0 Å². The largest absolute Gasteiger partial charge is 0.433 e. The first kappa shape index (κ1) is 88.2.